The van der Waals surface area contributed by atoms with Gasteiger partial charge in [-0.3, -0.25) is 5.43 Å². The third-order valence-corrected chi connectivity index (χ3v) is 1.68. The molecule has 1 N–H and O–H groups in total. The number of nitrogens with one attached hydrogen (secondary N) is 1. The molecule has 0 aromatic heterocycles. The van der Waals surface area contributed by atoms with E-state index >= 15 is 0 Å². The van der Waals surface area contributed by atoms with Crippen LogP contribution >= 0.6 is 0 Å². The van der Waals surface area contributed by atoms with Crippen molar-refractivity contribution in [2.24, 2.45) is 10.5 Å². The predicted octanol–water partition coefficient (Wildman–Crippen LogP) is 3.17. The minimum absolute atomic E-state index is 0. The first kappa shape index (κ1) is 11.2. The highest BCUT2D eigenvalue weighted by Crippen LogP contribution is 2.27. The Bertz CT molecular complexity index is 178. The minimum Gasteiger partial charge on any atom is -0.286 e. The van der Waals surface area contributed by atoms with Gasteiger partial charge in [-0.05, 0) is 11.0 Å². The van der Waals surface area contributed by atoms with E-state index in [-0.39, 0.29) is 6.84 Å². The van der Waals surface area contributed by atoms with Crippen molar-refractivity contribution in [3.05, 3.63) is 11.8 Å². The van der Waals surface area contributed by atoms with Crippen LogP contribution in [0.3, 0.4) is 0 Å². The van der Waals surface area contributed by atoms with Gasteiger partial charge in [0.25, 0.3) is 0 Å². The number of nitrogens with zero attached hydrogens (tertiary/aromatic N) is 1. The summed E-state index contributed by atoms with van der Waals surface area (Å²) in [6.07, 6.45) is 4.87. The van der Waals surface area contributed by atoms with Gasteiger partial charge in [-0.15, -0.1) is 0 Å². The van der Waals surface area contributed by atoms with Crippen LogP contribution in [0.15, 0.2) is 16.9 Å². The maximum atomic E-state index is 3.89. The zero-order chi connectivity index (χ0) is 9.61. The molecule has 0 unspecified atom stereocenters. The third-order valence-electron chi connectivity index (χ3n) is 1.68. The van der Waals surface area contributed by atoms with Crippen molar-refractivity contribution in [2.45, 2.75) is 41.0 Å². The van der Waals surface area contributed by atoms with Crippen LogP contribution in [0.2, 0.25) is 0 Å². The topological polar surface area (TPSA) is 24.4 Å². The number of allylic oxidation sites excluding steroid dienone is 1. The molecule has 0 fully saturated rings. The van der Waals surface area contributed by atoms with E-state index in [1.54, 1.807) is 0 Å². The van der Waals surface area contributed by atoms with Crippen molar-refractivity contribution in [3.8, 4) is 0 Å². The van der Waals surface area contributed by atoms with Crippen LogP contribution in [0.4, 0.5) is 0 Å². The van der Waals surface area contributed by atoms with Crippen LogP contribution < -0.4 is 5.43 Å². The Kier molecular flexibility index (Phi) is 4.64. The van der Waals surface area contributed by atoms with Crippen LogP contribution in [0.5, 0.6) is 0 Å². The van der Waals surface area contributed by atoms with Gasteiger partial charge in [0.05, 0.1) is 0 Å². The van der Waals surface area contributed by atoms with Gasteiger partial charge in [-0.1, -0.05) is 34.6 Å². The second kappa shape index (κ2) is 4.96. The number of hydrogen-bond donors (Lipinski definition) is 1. The summed E-state index contributed by atoms with van der Waals surface area (Å²) < 4.78 is 0. The lowest BCUT2D eigenvalue weighted by Gasteiger charge is -2.23. The Hall–Kier alpha value is -0.790. The van der Waals surface area contributed by atoms with Crippen molar-refractivity contribution in [1.82, 2.24) is 5.43 Å². The Balaban J connectivity index is 0. The van der Waals surface area contributed by atoms with Crippen molar-refractivity contribution < 1.29 is 1.43 Å². The molecule has 0 atom stereocenters. The SMILES string of the molecule is CC.CC(C)(C)C1=CNN=CC1.[HH]. The minimum atomic E-state index is 0. The summed E-state index contributed by atoms with van der Waals surface area (Å²) in [6, 6.07) is 0. The first-order chi connectivity index (χ1) is 5.61. The molecule has 1 rings (SSSR count). The second-order valence-corrected chi connectivity index (χ2v) is 3.56. The molecule has 1 heterocycles. The van der Waals surface area contributed by atoms with E-state index in [0.717, 1.165) is 6.42 Å². The Labute approximate surface area is 77.2 Å². The van der Waals surface area contributed by atoms with E-state index in [1.165, 1.54) is 5.57 Å². The molecule has 0 spiro atoms. The monoisotopic (exact) mass is 170 g/mol. The molecular formula is C10H22N2. The van der Waals surface area contributed by atoms with E-state index in [1.807, 2.05) is 26.3 Å². The van der Waals surface area contributed by atoms with E-state index in [0.29, 0.717) is 0 Å². The second-order valence-electron chi connectivity index (χ2n) is 3.56. The van der Waals surface area contributed by atoms with Gasteiger partial charge < -0.3 is 0 Å². The summed E-state index contributed by atoms with van der Waals surface area (Å²) in [4.78, 5) is 0. The molecule has 0 aromatic carbocycles. The van der Waals surface area contributed by atoms with Gasteiger partial charge in [-0.2, -0.15) is 5.10 Å². The molecule has 0 amide bonds. The van der Waals surface area contributed by atoms with Gasteiger partial charge in [0.2, 0.25) is 0 Å². The summed E-state index contributed by atoms with van der Waals surface area (Å²) in [7, 11) is 0. The number of hydrazone groups is 1. The molecule has 1 aliphatic rings. The van der Waals surface area contributed by atoms with E-state index in [9.17, 15) is 0 Å². The quantitative estimate of drug-likeness (QED) is 0.593. The summed E-state index contributed by atoms with van der Waals surface area (Å²) >= 11 is 0. The van der Waals surface area contributed by atoms with E-state index < -0.39 is 0 Å². The van der Waals surface area contributed by atoms with Gasteiger partial charge in [0, 0.05) is 20.3 Å². The fourth-order valence-corrected chi connectivity index (χ4v) is 0.894. The normalized spacial score (nSPS) is 15.6. The molecule has 12 heavy (non-hydrogen) atoms. The molecule has 0 aromatic rings. The highest BCUT2D eigenvalue weighted by Gasteiger charge is 2.16. The van der Waals surface area contributed by atoms with E-state index in [2.05, 4.69) is 31.3 Å². The molecule has 0 bridgehead atoms. The van der Waals surface area contributed by atoms with Crippen molar-refractivity contribution in [3.63, 3.8) is 0 Å². The van der Waals surface area contributed by atoms with Crippen molar-refractivity contribution in [2.75, 3.05) is 0 Å². The molecule has 2 nitrogen and oxygen atoms in total. The molecule has 2 heteroatoms. The van der Waals surface area contributed by atoms with Crippen LogP contribution in [0, 0.1) is 5.41 Å². The molecule has 0 aliphatic carbocycles. The smallest absolute Gasteiger partial charge is 0.0288 e. The maximum Gasteiger partial charge on any atom is 0.0288 e. The average Bonchev–Trinajstić information content (AvgIpc) is 2.08. The lowest BCUT2D eigenvalue weighted by atomic mass is 9.85. The first-order valence-corrected chi connectivity index (χ1v) is 4.57. The molecule has 0 saturated carbocycles. The number of rotatable bonds is 0. The van der Waals surface area contributed by atoms with Crippen LogP contribution in [-0.4, -0.2) is 6.21 Å². The zero-order valence-electron chi connectivity index (χ0n) is 8.81. The lowest BCUT2D eigenvalue weighted by Crippen LogP contribution is -2.15. The first-order valence-electron chi connectivity index (χ1n) is 4.57. The standard InChI is InChI=1S/C8H14N2.C2H6.H2/c1-8(2,3)7-4-5-9-10-6-7;1-2;/h5-6,10H,4H2,1-3H3;1-2H3;1H. The molecule has 0 radical (unpaired) electrons. The predicted molar refractivity (Wildman–Crippen MR) is 57.2 cm³/mol. The summed E-state index contributed by atoms with van der Waals surface area (Å²) in [6.45, 7) is 10.6. The van der Waals surface area contributed by atoms with Gasteiger partial charge >= 0.3 is 0 Å². The summed E-state index contributed by atoms with van der Waals surface area (Å²) in [5.74, 6) is 0. The number of hydrogen-bond acceptors (Lipinski definition) is 2. The fraction of sp³-hybridized carbons (Fsp3) is 0.700. The van der Waals surface area contributed by atoms with Gasteiger partial charge in [0.1, 0.15) is 0 Å². The molecule has 0 saturated heterocycles. The van der Waals surface area contributed by atoms with Crippen LogP contribution in [0.1, 0.15) is 42.5 Å². The fourth-order valence-electron chi connectivity index (χ4n) is 0.894. The largest absolute Gasteiger partial charge is 0.286 e. The average molecular weight is 170 g/mol. The zero-order valence-corrected chi connectivity index (χ0v) is 8.81. The van der Waals surface area contributed by atoms with Crippen molar-refractivity contribution >= 4 is 6.21 Å². The molecular weight excluding hydrogens is 148 g/mol. The summed E-state index contributed by atoms with van der Waals surface area (Å²) in [5, 5.41) is 3.89. The Morgan fingerprint density at radius 3 is 2.25 bits per heavy atom. The van der Waals surface area contributed by atoms with Gasteiger partial charge in [0.15, 0.2) is 0 Å². The van der Waals surface area contributed by atoms with Crippen molar-refractivity contribution in [1.29, 1.82) is 0 Å². The summed E-state index contributed by atoms with van der Waals surface area (Å²) in [5.41, 5.74) is 4.53. The highest BCUT2D eigenvalue weighted by atomic mass is 15.3. The van der Waals surface area contributed by atoms with Crippen LogP contribution in [-0.2, 0) is 0 Å². The van der Waals surface area contributed by atoms with Crippen LogP contribution in [0.25, 0.3) is 0 Å². The van der Waals surface area contributed by atoms with E-state index in [4.69, 9.17) is 0 Å². The Morgan fingerprint density at radius 1 is 1.42 bits per heavy atom. The van der Waals surface area contributed by atoms with Gasteiger partial charge in [-0.25, -0.2) is 0 Å². The maximum absolute atomic E-state index is 3.89. The Morgan fingerprint density at radius 2 is 2.00 bits per heavy atom. The third kappa shape index (κ3) is 3.56. The highest BCUT2D eigenvalue weighted by molar-refractivity contribution is 5.62. The molecule has 1 aliphatic heterocycles. The lowest BCUT2D eigenvalue weighted by molar-refractivity contribution is 0.490. The molecule has 72 valence electrons.